The van der Waals surface area contributed by atoms with E-state index in [9.17, 15) is 17.2 Å². The fourth-order valence-corrected chi connectivity index (χ4v) is 3.79. The Morgan fingerprint density at radius 2 is 1.70 bits per heavy atom. The Labute approximate surface area is 123 Å². The van der Waals surface area contributed by atoms with E-state index < -0.39 is 27.0 Å². The monoisotopic (exact) mass is 325 g/mol. The molecule has 1 rings (SSSR count). The summed E-state index contributed by atoms with van der Waals surface area (Å²) >= 11 is 5.92. The Bertz CT molecular complexity index is 586. The van der Waals surface area contributed by atoms with E-state index >= 15 is 0 Å². The molecule has 0 bridgehead atoms. The maximum atomic E-state index is 13.2. The highest BCUT2D eigenvalue weighted by Gasteiger charge is 2.27. The first-order valence-electron chi connectivity index (χ1n) is 6.20. The van der Waals surface area contributed by atoms with E-state index in [1.165, 1.54) is 12.1 Å². The van der Waals surface area contributed by atoms with Crippen LogP contribution in [0.3, 0.4) is 0 Å². The summed E-state index contributed by atoms with van der Waals surface area (Å²) in [4.78, 5) is -0.312. The average Bonchev–Trinajstić information content (AvgIpc) is 2.25. The second-order valence-corrected chi connectivity index (χ2v) is 7.17. The zero-order valence-corrected chi connectivity index (χ0v) is 13.3. The van der Waals surface area contributed by atoms with Crippen molar-refractivity contribution in [3.63, 3.8) is 0 Å². The van der Waals surface area contributed by atoms with Gasteiger partial charge in [-0.25, -0.2) is 21.9 Å². The van der Waals surface area contributed by atoms with Crippen LogP contribution in [0.1, 0.15) is 51.2 Å². The zero-order valence-electron chi connectivity index (χ0n) is 11.7. The molecule has 0 radical (unpaired) electrons. The third kappa shape index (κ3) is 3.68. The lowest BCUT2D eigenvalue weighted by molar-refractivity contribution is 0.149. The molecule has 0 unspecified atom stereocenters. The summed E-state index contributed by atoms with van der Waals surface area (Å²) in [5, 5.41) is -0.403. The summed E-state index contributed by atoms with van der Waals surface area (Å²) in [6.45, 7) is 6.78. The van der Waals surface area contributed by atoms with Gasteiger partial charge in [0.1, 0.15) is 4.90 Å². The molecule has 0 saturated carbocycles. The number of hydrogen-bond acceptors (Lipinski definition) is 2. The highest BCUT2D eigenvalue weighted by Crippen LogP contribution is 2.37. The van der Waals surface area contributed by atoms with Gasteiger partial charge in [-0.1, -0.05) is 31.5 Å². The van der Waals surface area contributed by atoms with Crippen molar-refractivity contribution >= 4 is 21.6 Å². The highest BCUT2D eigenvalue weighted by atomic mass is 35.5. The maximum absolute atomic E-state index is 13.2. The van der Waals surface area contributed by atoms with Gasteiger partial charge in [0.25, 0.3) is 6.43 Å². The fourth-order valence-electron chi connectivity index (χ4n) is 1.89. The van der Waals surface area contributed by atoms with Crippen molar-refractivity contribution in [3.05, 3.63) is 28.3 Å². The van der Waals surface area contributed by atoms with Crippen molar-refractivity contribution in [2.24, 2.45) is 0 Å². The van der Waals surface area contributed by atoms with Gasteiger partial charge in [-0.3, -0.25) is 0 Å². The van der Waals surface area contributed by atoms with Gasteiger partial charge in [0.15, 0.2) is 0 Å². The number of alkyl halides is 2. The summed E-state index contributed by atoms with van der Waals surface area (Å²) in [6.07, 6.45) is -2.82. The lowest BCUT2D eigenvalue weighted by Gasteiger charge is -2.18. The molecular weight excluding hydrogens is 308 g/mol. The molecule has 0 atom stereocenters. The number of halogens is 3. The second kappa shape index (κ2) is 6.37. The third-order valence-corrected chi connectivity index (χ3v) is 4.92. The van der Waals surface area contributed by atoms with E-state index in [0.717, 1.165) is 0 Å². The van der Waals surface area contributed by atoms with Gasteiger partial charge in [-0.15, -0.1) is 0 Å². The molecular formula is C13H18ClF2NO2S. The summed E-state index contributed by atoms with van der Waals surface area (Å²) in [6, 6.07) is 2.32. The Morgan fingerprint density at radius 1 is 1.15 bits per heavy atom. The molecule has 0 aliphatic rings. The SMILES string of the molecule is CC(C)NS(=O)(=O)c1ccc(C(C)C)c(C(F)F)c1Cl. The lowest BCUT2D eigenvalue weighted by Crippen LogP contribution is -2.30. The van der Waals surface area contributed by atoms with Crippen molar-refractivity contribution in [2.75, 3.05) is 0 Å². The smallest absolute Gasteiger partial charge is 0.209 e. The van der Waals surface area contributed by atoms with Crippen LogP contribution < -0.4 is 4.72 Å². The molecule has 3 nitrogen and oxygen atoms in total. The minimum absolute atomic E-state index is 0.175. The summed E-state index contributed by atoms with van der Waals surface area (Å²) in [7, 11) is -3.90. The van der Waals surface area contributed by atoms with Crippen LogP contribution in [0.4, 0.5) is 8.78 Å². The molecule has 0 aliphatic carbocycles. The molecule has 114 valence electrons. The lowest BCUT2D eigenvalue weighted by atomic mass is 9.97. The molecule has 1 N–H and O–H groups in total. The highest BCUT2D eigenvalue weighted by molar-refractivity contribution is 7.89. The van der Waals surface area contributed by atoms with Crippen LogP contribution in [-0.2, 0) is 10.0 Å². The van der Waals surface area contributed by atoms with E-state index in [2.05, 4.69) is 4.72 Å². The molecule has 0 spiro atoms. The van der Waals surface area contributed by atoms with E-state index in [0.29, 0.717) is 5.56 Å². The minimum Gasteiger partial charge on any atom is -0.209 e. The molecule has 0 heterocycles. The van der Waals surface area contributed by atoms with E-state index in [1.54, 1.807) is 27.7 Å². The van der Waals surface area contributed by atoms with Crippen LogP contribution in [0.2, 0.25) is 5.02 Å². The molecule has 20 heavy (non-hydrogen) atoms. The standard InChI is InChI=1S/C13H18ClF2NO2S/c1-7(2)9-5-6-10(12(14)11(9)13(15)16)20(18,19)17-8(3)4/h5-8,13,17H,1-4H3. The largest absolute Gasteiger partial charge is 0.265 e. The molecule has 0 aromatic heterocycles. The van der Waals surface area contributed by atoms with Gasteiger partial charge in [0, 0.05) is 11.6 Å². The summed E-state index contributed by atoms with van der Waals surface area (Å²) in [5.41, 5.74) is -0.0539. The Kier molecular flexibility index (Phi) is 5.52. The van der Waals surface area contributed by atoms with Crippen LogP contribution >= 0.6 is 11.6 Å². The average molecular weight is 326 g/mol. The van der Waals surface area contributed by atoms with Gasteiger partial charge < -0.3 is 0 Å². The molecule has 7 heteroatoms. The number of hydrogen-bond donors (Lipinski definition) is 1. The van der Waals surface area contributed by atoms with Crippen LogP contribution in [0.15, 0.2) is 17.0 Å². The fraction of sp³-hybridized carbons (Fsp3) is 0.538. The third-order valence-electron chi connectivity index (χ3n) is 2.70. The summed E-state index contributed by atoms with van der Waals surface area (Å²) in [5.74, 6) is -0.175. The van der Waals surface area contributed by atoms with Crippen LogP contribution in [-0.4, -0.2) is 14.5 Å². The Balaban J connectivity index is 3.50. The quantitative estimate of drug-likeness (QED) is 0.886. The van der Waals surface area contributed by atoms with Crippen molar-refractivity contribution in [1.82, 2.24) is 4.72 Å². The van der Waals surface area contributed by atoms with Crippen molar-refractivity contribution in [3.8, 4) is 0 Å². The molecule has 0 fully saturated rings. The number of rotatable bonds is 5. The van der Waals surface area contributed by atoms with E-state index in [4.69, 9.17) is 11.6 Å². The first-order valence-corrected chi connectivity index (χ1v) is 8.06. The minimum atomic E-state index is -3.90. The van der Waals surface area contributed by atoms with E-state index in [-0.39, 0.29) is 16.9 Å². The zero-order chi connectivity index (χ0) is 15.7. The Hall–Kier alpha value is -0.720. The van der Waals surface area contributed by atoms with E-state index in [1.807, 2.05) is 0 Å². The Morgan fingerprint density at radius 3 is 2.10 bits per heavy atom. The molecule has 1 aromatic carbocycles. The van der Waals surface area contributed by atoms with Crippen molar-refractivity contribution in [1.29, 1.82) is 0 Å². The van der Waals surface area contributed by atoms with Gasteiger partial charge in [0.05, 0.1) is 5.02 Å². The molecule has 0 saturated heterocycles. The number of benzene rings is 1. The van der Waals surface area contributed by atoms with Crippen LogP contribution in [0, 0.1) is 0 Å². The molecule has 0 amide bonds. The summed E-state index contributed by atoms with van der Waals surface area (Å²) < 4.78 is 52.9. The van der Waals surface area contributed by atoms with Gasteiger partial charge >= 0.3 is 0 Å². The predicted octanol–water partition coefficient (Wildman–Crippen LogP) is 4.09. The number of sulfonamides is 1. The van der Waals surface area contributed by atoms with Crippen molar-refractivity contribution in [2.45, 2.75) is 51.0 Å². The molecule has 1 aromatic rings. The predicted molar refractivity (Wildman–Crippen MR) is 76.0 cm³/mol. The molecule has 0 aliphatic heterocycles. The van der Waals surface area contributed by atoms with Gasteiger partial charge in [-0.05, 0) is 31.4 Å². The van der Waals surface area contributed by atoms with Gasteiger partial charge in [-0.2, -0.15) is 0 Å². The second-order valence-electron chi connectivity index (χ2n) is 5.11. The number of nitrogens with one attached hydrogen (secondary N) is 1. The normalized spacial score (nSPS) is 12.7. The first-order chi connectivity index (χ1) is 9.08. The van der Waals surface area contributed by atoms with Crippen LogP contribution in [0.25, 0.3) is 0 Å². The topological polar surface area (TPSA) is 46.2 Å². The van der Waals surface area contributed by atoms with Crippen molar-refractivity contribution < 1.29 is 17.2 Å². The first kappa shape index (κ1) is 17.3. The van der Waals surface area contributed by atoms with Gasteiger partial charge in [0.2, 0.25) is 10.0 Å². The maximum Gasteiger partial charge on any atom is 0.265 e. The van der Waals surface area contributed by atoms with Crippen LogP contribution in [0.5, 0.6) is 0 Å².